The van der Waals surface area contributed by atoms with Crippen molar-refractivity contribution in [2.24, 2.45) is 0 Å². The predicted octanol–water partition coefficient (Wildman–Crippen LogP) is 2.16. The number of ether oxygens (including phenoxy) is 2. The lowest BCUT2D eigenvalue weighted by Crippen LogP contribution is -2.18. The van der Waals surface area contributed by atoms with Crippen molar-refractivity contribution in [3.63, 3.8) is 0 Å². The summed E-state index contributed by atoms with van der Waals surface area (Å²) < 4.78 is 33.6. The third kappa shape index (κ3) is 5.85. The van der Waals surface area contributed by atoms with Crippen molar-refractivity contribution in [3.8, 4) is 11.5 Å². The van der Waals surface area contributed by atoms with Crippen LogP contribution in [0.15, 0.2) is 18.2 Å². The van der Waals surface area contributed by atoms with Crippen LogP contribution in [0.25, 0.3) is 0 Å². The van der Waals surface area contributed by atoms with Gasteiger partial charge in [-0.1, -0.05) is 6.07 Å². The van der Waals surface area contributed by atoms with Crippen LogP contribution in [0.1, 0.15) is 18.9 Å². The first-order valence-corrected chi connectivity index (χ1v) is 6.03. The average molecular weight is 275 g/mol. The second-order valence-corrected chi connectivity index (χ2v) is 4.18. The van der Waals surface area contributed by atoms with Crippen LogP contribution in [0.3, 0.4) is 0 Å². The number of hydrogen-bond acceptors (Lipinski definition) is 4. The van der Waals surface area contributed by atoms with Gasteiger partial charge in [0.05, 0.1) is 13.2 Å². The Morgan fingerprint density at radius 1 is 1.32 bits per heavy atom. The maximum Gasteiger partial charge on any atom is 0.387 e. The molecular weight excluding hydrogens is 256 g/mol. The lowest BCUT2D eigenvalue weighted by atomic mass is 10.2. The van der Waals surface area contributed by atoms with Gasteiger partial charge in [0, 0.05) is 6.54 Å². The molecule has 1 unspecified atom stereocenters. The smallest absolute Gasteiger partial charge is 0.387 e. The van der Waals surface area contributed by atoms with Crippen LogP contribution in [-0.2, 0) is 6.54 Å². The molecule has 1 atom stereocenters. The first kappa shape index (κ1) is 15.7. The molecule has 0 fully saturated rings. The largest absolute Gasteiger partial charge is 0.493 e. The highest BCUT2D eigenvalue weighted by molar-refractivity contribution is 5.42. The van der Waals surface area contributed by atoms with Crippen LogP contribution in [-0.4, -0.2) is 31.5 Å². The summed E-state index contributed by atoms with van der Waals surface area (Å²) in [5, 5.41) is 12.2. The van der Waals surface area contributed by atoms with Crippen LogP contribution in [0.4, 0.5) is 8.78 Å². The van der Waals surface area contributed by atoms with Gasteiger partial charge in [-0.05, 0) is 37.6 Å². The van der Waals surface area contributed by atoms with Gasteiger partial charge in [-0.15, -0.1) is 0 Å². The Bertz CT molecular complexity index is 386. The summed E-state index contributed by atoms with van der Waals surface area (Å²) in [4.78, 5) is 0. The standard InChI is InChI=1S/C13H19F2NO3/c1-9(17)5-6-16-8-10-3-4-11(19-13(14)15)12(7-10)18-2/h3-4,7,9,13,16-17H,5-6,8H2,1-2H3. The first-order valence-electron chi connectivity index (χ1n) is 6.03. The monoisotopic (exact) mass is 275 g/mol. The molecule has 0 aromatic heterocycles. The molecule has 0 heterocycles. The zero-order valence-corrected chi connectivity index (χ0v) is 11.0. The minimum Gasteiger partial charge on any atom is -0.493 e. The second kappa shape index (κ2) is 7.91. The highest BCUT2D eigenvalue weighted by Gasteiger charge is 2.10. The van der Waals surface area contributed by atoms with Crippen molar-refractivity contribution in [3.05, 3.63) is 23.8 Å². The Hall–Kier alpha value is -1.40. The first-order chi connectivity index (χ1) is 9.02. The van der Waals surface area contributed by atoms with Gasteiger partial charge in [0.2, 0.25) is 0 Å². The summed E-state index contributed by atoms with van der Waals surface area (Å²) in [6, 6.07) is 4.79. The van der Waals surface area contributed by atoms with E-state index in [9.17, 15) is 8.78 Å². The Morgan fingerprint density at radius 3 is 2.63 bits per heavy atom. The number of methoxy groups -OCH3 is 1. The van der Waals surface area contributed by atoms with Gasteiger partial charge < -0.3 is 19.9 Å². The van der Waals surface area contributed by atoms with Crippen molar-refractivity contribution in [2.45, 2.75) is 32.6 Å². The molecular formula is C13H19F2NO3. The molecule has 0 aliphatic carbocycles. The highest BCUT2D eigenvalue weighted by atomic mass is 19.3. The van der Waals surface area contributed by atoms with E-state index in [4.69, 9.17) is 9.84 Å². The van der Waals surface area contributed by atoms with Gasteiger partial charge in [-0.3, -0.25) is 0 Å². The molecule has 0 aliphatic rings. The molecule has 0 saturated carbocycles. The molecule has 0 amide bonds. The fourth-order valence-corrected chi connectivity index (χ4v) is 1.56. The van der Waals surface area contributed by atoms with Crippen LogP contribution < -0.4 is 14.8 Å². The summed E-state index contributed by atoms with van der Waals surface area (Å²) in [6.45, 7) is 0.0954. The maximum atomic E-state index is 12.1. The van der Waals surface area contributed by atoms with E-state index in [0.717, 1.165) is 5.56 Å². The van der Waals surface area contributed by atoms with Gasteiger partial charge in [-0.2, -0.15) is 8.78 Å². The van der Waals surface area contributed by atoms with E-state index in [2.05, 4.69) is 10.1 Å². The van der Waals surface area contributed by atoms with E-state index < -0.39 is 6.61 Å². The van der Waals surface area contributed by atoms with Gasteiger partial charge in [0.1, 0.15) is 0 Å². The number of nitrogens with one attached hydrogen (secondary N) is 1. The van der Waals surface area contributed by atoms with Gasteiger partial charge in [0.25, 0.3) is 0 Å². The van der Waals surface area contributed by atoms with E-state index in [1.54, 1.807) is 19.1 Å². The molecule has 6 heteroatoms. The van der Waals surface area contributed by atoms with E-state index in [1.165, 1.54) is 13.2 Å². The minimum atomic E-state index is -2.87. The third-order valence-corrected chi connectivity index (χ3v) is 2.51. The van der Waals surface area contributed by atoms with E-state index in [-0.39, 0.29) is 17.6 Å². The molecule has 108 valence electrons. The molecule has 2 N–H and O–H groups in total. The Morgan fingerprint density at radius 2 is 2.05 bits per heavy atom. The summed E-state index contributed by atoms with van der Waals surface area (Å²) in [6.07, 6.45) is 0.313. The summed E-state index contributed by atoms with van der Waals surface area (Å²) in [5.74, 6) is 0.292. The Labute approximate surface area is 111 Å². The minimum absolute atomic E-state index is 0.0187. The molecule has 0 spiro atoms. The van der Waals surface area contributed by atoms with Crippen LogP contribution in [0.2, 0.25) is 0 Å². The molecule has 0 aliphatic heterocycles. The van der Waals surface area contributed by atoms with E-state index >= 15 is 0 Å². The Kier molecular flexibility index (Phi) is 6.52. The van der Waals surface area contributed by atoms with Gasteiger partial charge in [0.15, 0.2) is 11.5 Å². The third-order valence-electron chi connectivity index (χ3n) is 2.51. The van der Waals surface area contributed by atoms with Crippen molar-refractivity contribution >= 4 is 0 Å². The highest BCUT2D eigenvalue weighted by Crippen LogP contribution is 2.29. The molecule has 1 aromatic rings. The predicted molar refractivity (Wildman–Crippen MR) is 67.6 cm³/mol. The van der Waals surface area contributed by atoms with Crippen molar-refractivity contribution in [1.29, 1.82) is 0 Å². The number of aliphatic hydroxyl groups is 1. The number of halogens is 2. The number of hydrogen-bond donors (Lipinski definition) is 2. The molecule has 0 saturated heterocycles. The van der Waals surface area contributed by atoms with Crippen LogP contribution in [0.5, 0.6) is 11.5 Å². The molecule has 19 heavy (non-hydrogen) atoms. The molecule has 4 nitrogen and oxygen atoms in total. The van der Waals surface area contributed by atoms with Crippen molar-refractivity contribution in [1.82, 2.24) is 5.32 Å². The molecule has 0 radical (unpaired) electrons. The average Bonchev–Trinajstić information content (AvgIpc) is 2.35. The normalized spacial score (nSPS) is 12.5. The number of rotatable bonds is 8. The second-order valence-electron chi connectivity index (χ2n) is 4.18. The molecule has 1 aromatic carbocycles. The lowest BCUT2D eigenvalue weighted by Gasteiger charge is -2.12. The lowest BCUT2D eigenvalue weighted by molar-refractivity contribution is -0.0512. The summed E-state index contributed by atoms with van der Waals surface area (Å²) >= 11 is 0. The van der Waals surface area contributed by atoms with Crippen molar-refractivity contribution < 1.29 is 23.4 Å². The number of aliphatic hydroxyl groups excluding tert-OH is 1. The van der Waals surface area contributed by atoms with Crippen molar-refractivity contribution in [2.75, 3.05) is 13.7 Å². The quantitative estimate of drug-likeness (QED) is 0.714. The zero-order valence-electron chi connectivity index (χ0n) is 11.0. The number of alkyl halides is 2. The van der Waals surface area contributed by atoms with Gasteiger partial charge in [-0.25, -0.2) is 0 Å². The van der Waals surface area contributed by atoms with Crippen LogP contribution in [0, 0.1) is 0 Å². The molecule has 1 rings (SSSR count). The number of benzene rings is 1. The Balaban J connectivity index is 2.56. The van der Waals surface area contributed by atoms with Gasteiger partial charge >= 0.3 is 6.61 Å². The summed E-state index contributed by atoms with van der Waals surface area (Å²) in [7, 11) is 1.40. The zero-order chi connectivity index (χ0) is 14.3. The fourth-order valence-electron chi connectivity index (χ4n) is 1.56. The fraction of sp³-hybridized carbons (Fsp3) is 0.538. The summed E-state index contributed by atoms with van der Waals surface area (Å²) in [5.41, 5.74) is 0.893. The topological polar surface area (TPSA) is 50.7 Å². The van der Waals surface area contributed by atoms with Crippen LogP contribution >= 0.6 is 0 Å². The molecule has 0 bridgehead atoms. The SMILES string of the molecule is COc1cc(CNCCC(C)O)ccc1OC(F)F. The van der Waals surface area contributed by atoms with E-state index in [0.29, 0.717) is 19.5 Å². The maximum absolute atomic E-state index is 12.1. The van der Waals surface area contributed by atoms with E-state index in [1.807, 2.05) is 0 Å².